The van der Waals surface area contributed by atoms with Crippen molar-refractivity contribution in [2.45, 2.75) is 75.8 Å². The van der Waals surface area contributed by atoms with Gasteiger partial charge in [-0.05, 0) is 19.8 Å². The van der Waals surface area contributed by atoms with E-state index in [1.165, 1.54) is 7.11 Å². The first-order valence-corrected chi connectivity index (χ1v) is 10.1. The van der Waals surface area contributed by atoms with E-state index in [4.69, 9.17) is 19.3 Å². The fraction of sp³-hybridized carbons (Fsp3) is 0.842. The molecule has 0 saturated carbocycles. The third-order valence-corrected chi connectivity index (χ3v) is 4.83. The first-order valence-electron chi connectivity index (χ1n) is 10.1. The van der Waals surface area contributed by atoms with Crippen molar-refractivity contribution >= 4 is 18.1 Å². The van der Waals surface area contributed by atoms with E-state index in [1.54, 1.807) is 6.92 Å². The van der Waals surface area contributed by atoms with E-state index in [2.05, 4.69) is 10.6 Å². The zero-order chi connectivity index (χ0) is 22.5. The molecule has 1 rings (SSSR count). The SMILES string of the molecule is CO[C@@H]1[C@H](OCCCCCC(=O)NCC=O)O[C@H](C)[C@@H](NC(=O)C(O)CCO)[C@@H]1O. The quantitative estimate of drug-likeness (QED) is 0.157. The Morgan fingerprint density at radius 2 is 2.00 bits per heavy atom. The van der Waals surface area contributed by atoms with Gasteiger partial charge < -0.3 is 45.0 Å². The normalized spacial score (nSPS) is 27.3. The monoisotopic (exact) mass is 434 g/mol. The van der Waals surface area contributed by atoms with E-state index >= 15 is 0 Å². The predicted octanol–water partition coefficient (Wildman–Crippen LogP) is -1.77. The van der Waals surface area contributed by atoms with Crippen molar-refractivity contribution in [1.82, 2.24) is 10.6 Å². The molecule has 0 radical (unpaired) electrons. The molecule has 30 heavy (non-hydrogen) atoms. The average molecular weight is 434 g/mol. The van der Waals surface area contributed by atoms with Crippen molar-refractivity contribution in [3.8, 4) is 0 Å². The summed E-state index contributed by atoms with van der Waals surface area (Å²) < 4.78 is 16.7. The minimum absolute atomic E-state index is 0.0156. The van der Waals surface area contributed by atoms with Crippen molar-refractivity contribution in [1.29, 1.82) is 0 Å². The lowest BCUT2D eigenvalue weighted by atomic mass is 9.96. The number of aliphatic hydroxyl groups is 3. The van der Waals surface area contributed by atoms with E-state index in [-0.39, 0.29) is 25.5 Å². The van der Waals surface area contributed by atoms with Gasteiger partial charge in [0.05, 0.1) is 18.7 Å². The molecule has 11 heteroatoms. The highest BCUT2D eigenvalue weighted by Gasteiger charge is 2.45. The Labute approximate surface area is 176 Å². The maximum atomic E-state index is 12.0. The van der Waals surface area contributed by atoms with Crippen LogP contribution in [-0.4, -0.2) is 97.0 Å². The van der Waals surface area contributed by atoms with Gasteiger partial charge in [-0.1, -0.05) is 6.42 Å². The van der Waals surface area contributed by atoms with E-state index < -0.39 is 42.7 Å². The van der Waals surface area contributed by atoms with Gasteiger partial charge in [-0.2, -0.15) is 0 Å². The van der Waals surface area contributed by atoms with Gasteiger partial charge in [-0.25, -0.2) is 0 Å². The van der Waals surface area contributed by atoms with Crippen molar-refractivity contribution in [3.63, 3.8) is 0 Å². The molecule has 0 aliphatic carbocycles. The van der Waals surface area contributed by atoms with Crippen LogP contribution in [0.4, 0.5) is 0 Å². The molecule has 0 aromatic carbocycles. The molecule has 1 unspecified atom stereocenters. The number of aliphatic hydroxyl groups excluding tert-OH is 3. The summed E-state index contributed by atoms with van der Waals surface area (Å²) >= 11 is 0. The fourth-order valence-corrected chi connectivity index (χ4v) is 3.13. The number of carbonyl (C=O) groups is 3. The number of ether oxygens (including phenoxy) is 3. The van der Waals surface area contributed by atoms with Gasteiger partial charge in [0, 0.05) is 33.2 Å². The summed E-state index contributed by atoms with van der Waals surface area (Å²) in [5, 5.41) is 34.1. The number of hydrogen-bond donors (Lipinski definition) is 5. The molecule has 11 nitrogen and oxygen atoms in total. The summed E-state index contributed by atoms with van der Waals surface area (Å²) in [4.78, 5) is 33.6. The molecule has 1 aliphatic heterocycles. The highest BCUT2D eigenvalue weighted by atomic mass is 16.7. The summed E-state index contributed by atoms with van der Waals surface area (Å²) in [6, 6.07) is -0.819. The minimum Gasteiger partial charge on any atom is -0.396 e. The van der Waals surface area contributed by atoms with E-state index in [0.717, 1.165) is 6.42 Å². The lowest BCUT2D eigenvalue weighted by Gasteiger charge is -2.43. The van der Waals surface area contributed by atoms with Crippen LogP contribution < -0.4 is 10.6 Å². The van der Waals surface area contributed by atoms with Crippen molar-refractivity contribution < 1.29 is 43.9 Å². The smallest absolute Gasteiger partial charge is 0.249 e. The molecule has 174 valence electrons. The second-order valence-electron chi connectivity index (χ2n) is 7.12. The van der Waals surface area contributed by atoms with Crippen LogP contribution in [0.25, 0.3) is 0 Å². The minimum atomic E-state index is -1.38. The molecule has 0 spiro atoms. The van der Waals surface area contributed by atoms with Crippen LogP contribution in [0.1, 0.15) is 39.0 Å². The lowest BCUT2D eigenvalue weighted by molar-refractivity contribution is -0.278. The van der Waals surface area contributed by atoms with Crippen molar-refractivity contribution in [3.05, 3.63) is 0 Å². The second kappa shape index (κ2) is 14.4. The highest BCUT2D eigenvalue weighted by Crippen LogP contribution is 2.24. The number of nitrogens with one attached hydrogen (secondary N) is 2. The average Bonchev–Trinajstić information content (AvgIpc) is 2.72. The molecule has 0 aromatic heterocycles. The van der Waals surface area contributed by atoms with Crippen LogP contribution in [0.15, 0.2) is 0 Å². The van der Waals surface area contributed by atoms with Crippen LogP contribution in [0.2, 0.25) is 0 Å². The molecule has 6 atom stereocenters. The van der Waals surface area contributed by atoms with Crippen LogP contribution in [0.5, 0.6) is 0 Å². The Morgan fingerprint density at radius 1 is 1.27 bits per heavy atom. The summed E-state index contributed by atoms with van der Waals surface area (Å²) in [7, 11) is 1.39. The zero-order valence-corrected chi connectivity index (χ0v) is 17.5. The number of hydrogen-bond acceptors (Lipinski definition) is 9. The van der Waals surface area contributed by atoms with Crippen molar-refractivity contribution in [2.75, 3.05) is 26.9 Å². The van der Waals surface area contributed by atoms with Gasteiger partial charge in [0.15, 0.2) is 6.29 Å². The van der Waals surface area contributed by atoms with Crippen LogP contribution in [0, 0.1) is 0 Å². The largest absolute Gasteiger partial charge is 0.396 e. The molecule has 0 aromatic rings. The molecule has 5 N–H and O–H groups in total. The van der Waals surface area contributed by atoms with Gasteiger partial charge >= 0.3 is 0 Å². The predicted molar refractivity (Wildman–Crippen MR) is 104 cm³/mol. The molecule has 0 bridgehead atoms. The molecular weight excluding hydrogens is 400 g/mol. The zero-order valence-electron chi connectivity index (χ0n) is 17.5. The lowest BCUT2D eigenvalue weighted by Crippen LogP contribution is -2.64. The Kier molecular flexibility index (Phi) is 12.7. The Hall–Kier alpha value is -1.63. The molecule has 1 aliphatic rings. The third kappa shape index (κ3) is 8.62. The van der Waals surface area contributed by atoms with Gasteiger partial charge in [0.25, 0.3) is 0 Å². The number of methoxy groups -OCH3 is 1. The summed E-state index contributed by atoms with van der Waals surface area (Å²) in [6.45, 7) is 1.66. The number of amides is 2. The first-order chi connectivity index (χ1) is 14.3. The number of aldehydes is 1. The Morgan fingerprint density at radius 3 is 2.63 bits per heavy atom. The maximum absolute atomic E-state index is 12.0. The summed E-state index contributed by atoms with van der Waals surface area (Å²) in [5.74, 6) is -0.887. The molecule has 1 heterocycles. The topological polar surface area (TPSA) is 164 Å². The van der Waals surface area contributed by atoms with E-state index in [0.29, 0.717) is 32.2 Å². The van der Waals surface area contributed by atoms with Gasteiger partial charge in [-0.3, -0.25) is 9.59 Å². The standard InChI is InChI=1S/C19H34N2O9/c1-12-15(21-18(27)13(24)7-9-22)16(26)17(28-2)19(30-12)29-11-5-3-4-6-14(25)20-8-10-23/h10,12-13,15-17,19,22,24,26H,3-9,11H2,1-2H3,(H,20,25)(H,21,27)/t12-,13?,15-,16+,17+,19-/m1/s1. The Balaban J connectivity index is 2.42. The van der Waals surface area contributed by atoms with Gasteiger partial charge in [0.1, 0.15) is 24.6 Å². The van der Waals surface area contributed by atoms with Crippen LogP contribution in [-0.2, 0) is 28.6 Å². The maximum Gasteiger partial charge on any atom is 0.249 e. The summed E-state index contributed by atoms with van der Waals surface area (Å²) in [5.41, 5.74) is 0. The summed E-state index contributed by atoms with van der Waals surface area (Å²) in [6.07, 6.45) is -1.92. The van der Waals surface area contributed by atoms with Gasteiger partial charge in [0.2, 0.25) is 11.8 Å². The Bertz CT molecular complexity index is 534. The second-order valence-corrected chi connectivity index (χ2v) is 7.12. The molecule has 1 fully saturated rings. The molecular formula is C19H34N2O9. The number of unbranched alkanes of at least 4 members (excludes halogenated alkanes) is 2. The number of rotatable bonds is 14. The van der Waals surface area contributed by atoms with Crippen LogP contribution >= 0.6 is 0 Å². The van der Waals surface area contributed by atoms with Gasteiger partial charge in [-0.15, -0.1) is 0 Å². The number of carbonyl (C=O) groups excluding carboxylic acids is 3. The van der Waals surface area contributed by atoms with E-state index in [9.17, 15) is 24.6 Å². The third-order valence-electron chi connectivity index (χ3n) is 4.83. The molecule has 1 saturated heterocycles. The van der Waals surface area contributed by atoms with Crippen molar-refractivity contribution in [2.24, 2.45) is 0 Å². The van der Waals surface area contributed by atoms with Crippen LogP contribution in [0.3, 0.4) is 0 Å². The highest BCUT2D eigenvalue weighted by molar-refractivity contribution is 5.80. The van der Waals surface area contributed by atoms with E-state index in [1.807, 2.05) is 0 Å². The first kappa shape index (κ1) is 26.4. The molecule has 2 amide bonds. The fourth-order valence-electron chi connectivity index (χ4n) is 3.13.